The molecule has 0 unspecified atom stereocenters. The first-order chi connectivity index (χ1) is 16.1. The molecule has 0 aliphatic carbocycles. The maximum Gasteiger partial charge on any atom is 0.328 e. The minimum absolute atomic E-state index is 0.299. The largest absolute Gasteiger partial charge is 0.495 e. The zero-order valence-electron chi connectivity index (χ0n) is 18.7. The molecule has 0 atom stereocenters. The molecule has 3 aromatic rings. The summed E-state index contributed by atoms with van der Waals surface area (Å²) in [6.45, 7) is 5.74. The lowest BCUT2D eigenvalue weighted by Gasteiger charge is -2.36. The summed E-state index contributed by atoms with van der Waals surface area (Å²) in [5, 5.41) is 0.435. The number of hydrogen-bond acceptors (Lipinski definition) is 7. The van der Waals surface area contributed by atoms with Crippen molar-refractivity contribution in [1.29, 1.82) is 0 Å². The Morgan fingerprint density at radius 1 is 0.970 bits per heavy atom. The van der Waals surface area contributed by atoms with E-state index in [2.05, 4.69) is 20.9 Å². The number of nitrogens with one attached hydrogen (secondary N) is 1. The first kappa shape index (κ1) is 21.4. The highest BCUT2D eigenvalue weighted by atomic mass is 16.6. The Balaban J connectivity index is 1.22. The summed E-state index contributed by atoms with van der Waals surface area (Å²) in [4.78, 5) is 33.1. The van der Waals surface area contributed by atoms with Crippen LogP contribution in [0.5, 0.6) is 17.2 Å². The van der Waals surface area contributed by atoms with Crippen LogP contribution in [0.2, 0.25) is 0 Å². The zero-order valence-corrected chi connectivity index (χ0v) is 18.7. The van der Waals surface area contributed by atoms with Crippen LogP contribution in [0.15, 0.2) is 46.0 Å². The number of benzene rings is 2. The molecule has 2 aliphatic rings. The predicted octanol–water partition coefficient (Wildman–Crippen LogP) is 1.68. The highest BCUT2D eigenvalue weighted by molar-refractivity contribution is 5.81. The molecule has 1 saturated heterocycles. The van der Waals surface area contributed by atoms with Gasteiger partial charge in [0.1, 0.15) is 19.0 Å². The third kappa shape index (κ3) is 4.28. The van der Waals surface area contributed by atoms with Crippen LogP contribution in [0.3, 0.4) is 0 Å². The van der Waals surface area contributed by atoms with Gasteiger partial charge in [0.05, 0.1) is 23.7 Å². The van der Waals surface area contributed by atoms with Crippen LogP contribution in [0.4, 0.5) is 5.69 Å². The van der Waals surface area contributed by atoms with Gasteiger partial charge in [0.15, 0.2) is 11.5 Å². The van der Waals surface area contributed by atoms with E-state index in [4.69, 9.17) is 14.2 Å². The van der Waals surface area contributed by atoms with Crippen LogP contribution >= 0.6 is 0 Å². The number of piperazine rings is 1. The highest BCUT2D eigenvalue weighted by Gasteiger charge is 2.20. The SMILES string of the molecule is COc1ccccc1N1CCN(CCCn2c(=O)[nH]c3cc4c(cc3c2=O)OCCO4)CC1. The van der Waals surface area contributed by atoms with Gasteiger partial charge in [0.25, 0.3) is 5.56 Å². The Hall–Kier alpha value is -3.46. The molecular weight excluding hydrogens is 424 g/mol. The summed E-state index contributed by atoms with van der Waals surface area (Å²) in [6.07, 6.45) is 0.716. The molecule has 1 fully saturated rings. The van der Waals surface area contributed by atoms with E-state index in [-0.39, 0.29) is 5.56 Å². The fourth-order valence-corrected chi connectivity index (χ4v) is 4.55. The van der Waals surface area contributed by atoms with Crippen molar-refractivity contribution in [3.8, 4) is 17.2 Å². The average molecular weight is 453 g/mol. The molecule has 0 radical (unpaired) electrons. The van der Waals surface area contributed by atoms with Crippen LogP contribution < -0.4 is 30.4 Å². The first-order valence-electron chi connectivity index (χ1n) is 11.3. The van der Waals surface area contributed by atoms with Crippen molar-refractivity contribution < 1.29 is 14.2 Å². The van der Waals surface area contributed by atoms with Gasteiger partial charge in [0, 0.05) is 38.8 Å². The molecule has 0 amide bonds. The summed E-state index contributed by atoms with van der Waals surface area (Å²) in [5.74, 6) is 1.98. The van der Waals surface area contributed by atoms with Crippen LogP contribution in [-0.4, -0.2) is 67.5 Å². The second-order valence-electron chi connectivity index (χ2n) is 8.28. The van der Waals surface area contributed by atoms with Gasteiger partial charge in [-0.05, 0) is 31.2 Å². The number of ether oxygens (including phenoxy) is 3. The highest BCUT2D eigenvalue weighted by Crippen LogP contribution is 2.32. The molecule has 9 heteroatoms. The van der Waals surface area contributed by atoms with Gasteiger partial charge in [-0.1, -0.05) is 12.1 Å². The smallest absolute Gasteiger partial charge is 0.328 e. The van der Waals surface area contributed by atoms with Crippen molar-refractivity contribution in [2.45, 2.75) is 13.0 Å². The molecular formula is C24H28N4O5. The second-order valence-corrected chi connectivity index (χ2v) is 8.28. The van der Waals surface area contributed by atoms with E-state index in [0.717, 1.165) is 44.2 Å². The number of aromatic amines is 1. The molecule has 174 valence electrons. The third-order valence-electron chi connectivity index (χ3n) is 6.30. The van der Waals surface area contributed by atoms with Crippen LogP contribution in [0.25, 0.3) is 10.9 Å². The molecule has 2 aromatic carbocycles. The predicted molar refractivity (Wildman–Crippen MR) is 126 cm³/mol. The zero-order chi connectivity index (χ0) is 22.8. The minimum atomic E-state index is -0.398. The van der Waals surface area contributed by atoms with E-state index in [1.807, 2.05) is 18.2 Å². The molecule has 9 nitrogen and oxygen atoms in total. The summed E-state index contributed by atoms with van der Waals surface area (Å²) < 4.78 is 17.9. The monoisotopic (exact) mass is 452 g/mol. The fourth-order valence-electron chi connectivity index (χ4n) is 4.55. The van der Waals surface area contributed by atoms with Gasteiger partial charge in [0.2, 0.25) is 0 Å². The van der Waals surface area contributed by atoms with Crippen molar-refractivity contribution in [2.24, 2.45) is 0 Å². The van der Waals surface area contributed by atoms with E-state index in [0.29, 0.717) is 48.6 Å². The van der Waals surface area contributed by atoms with Gasteiger partial charge in [-0.25, -0.2) is 4.79 Å². The molecule has 33 heavy (non-hydrogen) atoms. The standard InChI is InChI=1S/C24H28N4O5/c1-31-20-6-3-2-5-19(20)27-11-9-26(10-12-27)7-4-8-28-23(29)17-15-21-22(33-14-13-32-21)16-18(17)25-24(28)30/h2-3,5-6,15-16H,4,7-14H2,1H3,(H,25,30). The number of nitrogens with zero attached hydrogens (tertiary/aromatic N) is 3. The average Bonchev–Trinajstić information content (AvgIpc) is 2.85. The van der Waals surface area contributed by atoms with E-state index in [9.17, 15) is 9.59 Å². The molecule has 0 spiro atoms. The molecule has 2 aliphatic heterocycles. The normalized spacial score (nSPS) is 16.2. The van der Waals surface area contributed by atoms with Gasteiger partial charge in [-0.3, -0.25) is 14.3 Å². The van der Waals surface area contributed by atoms with Crippen molar-refractivity contribution in [2.75, 3.05) is 57.9 Å². The van der Waals surface area contributed by atoms with Crippen molar-refractivity contribution in [3.05, 3.63) is 57.2 Å². The molecule has 3 heterocycles. The number of fused-ring (bicyclic) bond motifs is 2. The van der Waals surface area contributed by atoms with Crippen LogP contribution in [-0.2, 0) is 6.54 Å². The number of rotatable bonds is 6. The Morgan fingerprint density at radius 3 is 2.45 bits per heavy atom. The number of hydrogen-bond donors (Lipinski definition) is 1. The van der Waals surface area contributed by atoms with Gasteiger partial charge >= 0.3 is 5.69 Å². The van der Waals surface area contributed by atoms with Crippen molar-refractivity contribution in [3.63, 3.8) is 0 Å². The fraction of sp³-hybridized carbons (Fsp3) is 0.417. The number of aromatic nitrogens is 2. The Labute approximate surface area is 191 Å². The van der Waals surface area contributed by atoms with E-state index >= 15 is 0 Å². The second kappa shape index (κ2) is 9.19. The summed E-state index contributed by atoms with van der Waals surface area (Å²) in [5.41, 5.74) is 0.889. The maximum absolute atomic E-state index is 13.0. The Morgan fingerprint density at radius 2 is 1.70 bits per heavy atom. The van der Waals surface area contributed by atoms with Gasteiger partial charge in [-0.2, -0.15) is 0 Å². The summed E-state index contributed by atoms with van der Waals surface area (Å²) in [7, 11) is 1.70. The summed E-state index contributed by atoms with van der Waals surface area (Å²) in [6, 6.07) is 11.4. The van der Waals surface area contributed by atoms with E-state index in [1.165, 1.54) is 4.57 Å². The lowest BCUT2D eigenvalue weighted by Crippen LogP contribution is -2.47. The molecule has 1 N–H and O–H groups in total. The number of anilines is 1. The van der Waals surface area contributed by atoms with Gasteiger partial charge in [-0.15, -0.1) is 0 Å². The summed E-state index contributed by atoms with van der Waals surface area (Å²) >= 11 is 0. The lowest BCUT2D eigenvalue weighted by atomic mass is 10.2. The molecule has 0 saturated carbocycles. The quantitative estimate of drug-likeness (QED) is 0.609. The van der Waals surface area contributed by atoms with Crippen molar-refractivity contribution >= 4 is 16.6 Å². The number of H-pyrrole nitrogens is 1. The minimum Gasteiger partial charge on any atom is -0.495 e. The molecule has 5 rings (SSSR count). The lowest BCUT2D eigenvalue weighted by molar-refractivity contribution is 0.172. The number of para-hydroxylation sites is 2. The third-order valence-corrected chi connectivity index (χ3v) is 6.30. The Kier molecular flexibility index (Phi) is 5.95. The Bertz CT molecular complexity index is 1260. The first-order valence-corrected chi connectivity index (χ1v) is 11.3. The van der Waals surface area contributed by atoms with Crippen molar-refractivity contribution in [1.82, 2.24) is 14.5 Å². The van der Waals surface area contributed by atoms with Crippen LogP contribution in [0, 0.1) is 0 Å². The molecule has 0 bridgehead atoms. The maximum atomic E-state index is 13.0. The van der Waals surface area contributed by atoms with Gasteiger partial charge < -0.3 is 24.1 Å². The van der Waals surface area contributed by atoms with E-state index in [1.54, 1.807) is 19.2 Å². The van der Waals surface area contributed by atoms with Crippen LogP contribution in [0.1, 0.15) is 6.42 Å². The number of methoxy groups -OCH3 is 1. The topological polar surface area (TPSA) is 89.0 Å². The molecule has 1 aromatic heterocycles. The van der Waals surface area contributed by atoms with E-state index < -0.39 is 5.69 Å².